The maximum absolute atomic E-state index is 13.0. The Morgan fingerprint density at radius 2 is 1.92 bits per heavy atom. The molecule has 1 amide bonds. The van der Waals surface area contributed by atoms with Crippen LogP contribution in [0, 0.1) is 5.82 Å². The Morgan fingerprint density at radius 3 is 2.62 bits per heavy atom. The molecule has 126 valence electrons. The maximum atomic E-state index is 13.0. The van der Waals surface area contributed by atoms with E-state index in [1.165, 1.54) is 24.3 Å². The predicted octanol–water partition coefficient (Wildman–Crippen LogP) is 2.53. The van der Waals surface area contributed by atoms with Crippen molar-refractivity contribution in [2.24, 2.45) is 0 Å². The molecular formula is C17H17FN2O3S. The van der Waals surface area contributed by atoms with Gasteiger partial charge in [-0.3, -0.25) is 9.52 Å². The summed E-state index contributed by atoms with van der Waals surface area (Å²) in [6, 6.07) is 12.6. The first-order chi connectivity index (χ1) is 11.3. The molecule has 2 rings (SSSR count). The molecule has 0 aliphatic rings. The van der Waals surface area contributed by atoms with E-state index in [1.807, 2.05) is 0 Å². The molecule has 0 radical (unpaired) electrons. The lowest BCUT2D eigenvalue weighted by atomic mass is 10.2. The van der Waals surface area contributed by atoms with Crippen LogP contribution in [0.25, 0.3) is 6.08 Å². The lowest BCUT2D eigenvalue weighted by molar-refractivity contribution is -0.116. The van der Waals surface area contributed by atoms with Crippen molar-refractivity contribution < 1.29 is 17.6 Å². The highest BCUT2D eigenvalue weighted by molar-refractivity contribution is 7.92. The Labute approximate surface area is 140 Å². The van der Waals surface area contributed by atoms with E-state index in [1.54, 1.807) is 36.4 Å². The highest BCUT2D eigenvalue weighted by Gasteiger charge is 2.03. The van der Waals surface area contributed by atoms with Crippen LogP contribution >= 0.6 is 0 Å². The number of anilines is 1. The van der Waals surface area contributed by atoms with E-state index in [0.29, 0.717) is 11.3 Å². The van der Waals surface area contributed by atoms with Gasteiger partial charge in [0.1, 0.15) is 5.82 Å². The summed E-state index contributed by atoms with van der Waals surface area (Å²) in [5.41, 5.74) is 1.76. The molecule has 0 aromatic heterocycles. The molecule has 0 saturated carbocycles. The maximum Gasteiger partial charge on any atom is 0.244 e. The van der Waals surface area contributed by atoms with E-state index in [4.69, 9.17) is 0 Å². The van der Waals surface area contributed by atoms with Gasteiger partial charge in [-0.1, -0.05) is 24.3 Å². The normalized spacial score (nSPS) is 11.4. The van der Waals surface area contributed by atoms with E-state index in [9.17, 15) is 17.6 Å². The number of rotatable bonds is 6. The van der Waals surface area contributed by atoms with Gasteiger partial charge >= 0.3 is 0 Å². The molecule has 0 heterocycles. The zero-order chi connectivity index (χ0) is 17.6. The minimum Gasteiger partial charge on any atom is -0.348 e. The Hall–Kier alpha value is -2.67. The summed E-state index contributed by atoms with van der Waals surface area (Å²) in [6.45, 7) is 0.242. The Bertz CT molecular complexity index is 864. The molecule has 0 aliphatic heterocycles. The van der Waals surface area contributed by atoms with E-state index in [-0.39, 0.29) is 18.3 Å². The van der Waals surface area contributed by atoms with Crippen molar-refractivity contribution in [3.05, 3.63) is 71.6 Å². The second-order valence-corrected chi connectivity index (χ2v) is 6.93. The first-order valence-corrected chi connectivity index (χ1v) is 8.99. The van der Waals surface area contributed by atoms with Gasteiger partial charge in [-0.15, -0.1) is 0 Å². The number of carbonyl (C=O) groups is 1. The molecule has 0 atom stereocenters. The summed E-state index contributed by atoms with van der Waals surface area (Å²) in [7, 11) is -3.35. The molecule has 24 heavy (non-hydrogen) atoms. The second-order valence-electron chi connectivity index (χ2n) is 5.18. The van der Waals surface area contributed by atoms with E-state index >= 15 is 0 Å². The fraction of sp³-hybridized carbons (Fsp3) is 0.118. The Kier molecular flexibility index (Phi) is 5.70. The van der Waals surface area contributed by atoms with E-state index in [0.717, 1.165) is 11.8 Å². The fourth-order valence-corrected chi connectivity index (χ4v) is 2.54. The number of nitrogens with one attached hydrogen (secondary N) is 2. The molecule has 2 aromatic carbocycles. The molecule has 0 unspecified atom stereocenters. The molecule has 0 saturated heterocycles. The van der Waals surface area contributed by atoms with E-state index < -0.39 is 10.0 Å². The lowest BCUT2D eigenvalue weighted by Crippen LogP contribution is -2.20. The van der Waals surface area contributed by atoms with Crippen molar-refractivity contribution in [3.8, 4) is 0 Å². The summed E-state index contributed by atoms with van der Waals surface area (Å²) in [4.78, 5) is 11.8. The van der Waals surface area contributed by atoms with Gasteiger partial charge in [0, 0.05) is 18.3 Å². The number of carbonyl (C=O) groups excluding carboxylic acids is 1. The minimum absolute atomic E-state index is 0.242. The quantitative estimate of drug-likeness (QED) is 0.788. The van der Waals surface area contributed by atoms with Crippen LogP contribution < -0.4 is 10.0 Å². The minimum atomic E-state index is -3.35. The van der Waals surface area contributed by atoms with Crippen LogP contribution in [0.15, 0.2) is 54.6 Å². The van der Waals surface area contributed by atoms with Gasteiger partial charge in [-0.25, -0.2) is 12.8 Å². The smallest absolute Gasteiger partial charge is 0.244 e. The molecule has 0 spiro atoms. The molecule has 0 aliphatic carbocycles. The highest BCUT2D eigenvalue weighted by atomic mass is 32.2. The third kappa shape index (κ3) is 6.21. The summed E-state index contributed by atoms with van der Waals surface area (Å²) in [6.07, 6.45) is 3.89. The average molecular weight is 348 g/mol. The zero-order valence-corrected chi connectivity index (χ0v) is 13.8. The van der Waals surface area contributed by atoms with Crippen LogP contribution in [-0.2, 0) is 21.4 Å². The van der Waals surface area contributed by atoms with Crippen molar-refractivity contribution in [3.63, 3.8) is 0 Å². The number of hydrogen-bond donors (Lipinski definition) is 2. The first-order valence-electron chi connectivity index (χ1n) is 7.10. The Morgan fingerprint density at radius 1 is 1.17 bits per heavy atom. The standard InChI is InChI=1S/C17H17FN2O3S/c1-24(22,23)20-16-7-3-5-14(11-16)12-19-17(21)9-8-13-4-2-6-15(18)10-13/h2-11,20H,12H2,1H3,(H,19,21)/b9-8+. The summed E-state index contributed by atoms with van der Waals surface area (Å²) >= 11 is 0. The van der Waals surface area contributed by atoms with Gasteiger partial charge in [0.2, 0.25) is 15.9 Å². The largest absolute Gasteiger partial charge is 0.348 e. The van der Waals surface area contributed by atoms with Crippen molar-refractivity contribution in [1.82, 2.24) is 5.32 Å². The topological polar surface area (TPSA) is 75.3 Å². The molecule has 5 nitrogen and oxygen atoms in total. The number of amides is 1. The summed E-state index contributed by atoms with van der Waals surface area (Å²) < 4.78 is 37.8. The first kappa shape index (κ1) is 17.7. The molecule has 7 heteroatoms. The fourth-order valence-electron chi connectivity index (χ4n) is 1.99. The van der Waals surface area contributed by atoms with Crippen molar-refractivity contribution >= 4 is 27.7 Å². The van der Waals surface area contributed by atoms with Crippen LogP contribution in [0.2, 0.25) is 0 Å². The van der Waals surface area contributed by atoms with E-state index in [2.05, 4.69) is 10.0 Å². The van der Waals surface area contributed by atoms with Crippen LogP contribution in [-0.4, -0.2) is 20.6 Å². The number of halogens is 1. The summed E-state index contributed by atoms with van der Waals surface area (Å²) in [5, 5.41) is 2.68. The van der Waals surface area contributed by atoms with Crippen LogP contribution in [0.1, 0.15) is 11.1 Å². The van der Waals surface area contributed by atoms with Gasteiger partial charge in [0.15, 0.2) is 0 Å². The van der Waals surface area contributed by atoms with Crippen LogP contribution in [0.4, 0.5) is 10.1 Å². The van der Waals surface area contributed by atoms with Crippen LogP contribution in [0.3, 0.4) is 0 Å². The van der Waals surface area contributed by atoms with Crippen molar-refractivity contribution in [2.75, 3.05) is 11.0 Å². The van der Waals surface area contributed by atoms with Gasteiger partial charge < -0.3 is 5.32 Å². The Balaban J connectivity index is 1.93. The number of benzene rings is 2. The second kappa shape index (κ2) is 7.74. The van der Waals surface area contributed by atoms with Crippen molar-refractivity contribution in [2.45, 2.75) is 6.54 Å². The van der Waals surface area contributed by atoms with Crippen LogP contribution in [0.5, 0.6) is 0 Å². The SMILES string of the molecule is CS(=O)(=O)Nc1cccc(CNC(=O)/C=C/c2cccc(F)c2)c1. The third-order valence-electron chi connectivity index (χ3n) is 2.97. The highest BCUT2D eigenvalue weighted by Crippen LogP contribution is 2.12. The molecule has 2 N–H and O–H groups in total. The molecule has 0 bridgehead atoms. The van der Waals surface area contributed by atoms with Gasteiger partial charge in [0.25, 0.3) is 0 Å². The monoisotopic (exact) mass is 348 g/mol. The zero-order valence-electron chi connectivity index (χ0n) is 13.0. The van der Waals surface area contributed by atoms with Crippen molar-refractivity contribution in [1.29, 1.82) is 0 Å². The lowest BCUT2D eigenvalue weighted by Gasteiger charge is -2.07. The number of hydrogen-bond acceptors (Lipinski definition) is 3. The number of sulfonamides is 1. The average Bonchev–Trinajstić information content (AvgIpc) is 2.50. The third-order valence-corrected chi connectivity index (χ3v) is 3.58. The van der Waals surface area contributed by atoms with Gasteiger partial charge in [0.05, 0.1) is 6.26 Å². The van der Waals surface area contributed by atoms with Gasteiger partial charge in [-0.05, 0) is 41.5 Å². The van der Waals surface area contributed by atoms with Gasteiger partial charge in [-0.2, -0.15) is 0 Å². The molecule has 2 aromatic rings. The molecular weight excluding hydrogens is 331 g/mol. The predicted molar refractivity (Wildman–Crippen MR) is 92.2 cm³/mol. The molecule has 0 fully saturated rings. The summed E-state index contributed by atoms with van der Waals surface area (Å²) in [5.74, 6) is -0.700.